The summed E-state index contributed by atoms with van der Waals surface area (Å²) in [6.07, 6.45) is 3.24. The third-order valence-corrected chi connectivity index (χ3v) is 3.01. The van der Waals surface area contributed by atoms with Gasteiger partial charge in [0.15, 0.2) is 0 Å². The number of amides is 1. The van der Waals surface area contributed by atoms with Gasteiger partial charge in [0.05, 0.1) is 5.56 Å². The summed E-state index contributed by atoms with van der Waals surface area (Å²) in [5.41, 5.74) is 1.47. The first-order valence-corrected chi connectivity index (χ1v) is 6.49. The van der Waals surface area contributed by atoms with Crippen molar-refractivity contribution in [1.29, 1.82) is 0 Å². The monoisotopic (exact) mass is 304 g/mol. The van der Waals surface area contributed by atoms with Gasteiger partial charge in [0.2, 0.25) is 0 Å². The fraction of sp³-hybridized carbons (Fsp3) is 0.143. The second kappa shape index (κ2) is 5.78. The molecule has 1 aromatic carbocycles. The lowest BCUT2D eigenvalue weighted by molar-refractivity contribution is 0.0988. The largest absolute Gasteiger partial charge is 0.309 e. The molecule has 2 aromatic rings. The van der Waals surface area contributed by atoms with Gasteiger partial charge in [0.1, 0.15) is 0 Å². The normalized spacial score (nSPS) is 10.1. The number of anilines is 1. The molecule has 0 atom stereocenters. The number of nitrogens with zero attached hydrogens (tertiary/aromatic N) is 2. The lowest BCUT2D eigenvalue weighted by Gasteiger charge is -2.20. The number of carbonyl (C=O) groups excluding carboxylic acids is 1. The van der Waals surface area contributed by atoms with E-state index in [0.29, 0.717) is 12.1 Å². The van der Waals surface area contributed by atoms with Gasteiger partial charge in [-0.25, -0.2) is 0 Å². The van der Waals surface area contributed by atoms with Crippen molar-refractivity contribution in [2.45, 2.75) is 6.92 Å². The summed E-state index contributed by atoms with van der Waals surface area (Å²) in [5.74, 6) is -0.0440. The zero-order valence-corrected chi connectivity index (χ0v) is 11.6. The standard InChI is InChI=1S/C14H13BrN2O/c1-2-17(13-6-4-3-5-7-13)14(18)11-8-12(15)10-16-9-11/h3-10H,2H2,1H3. The number of hydrogen-bond donors (Lipinski definition) is 0. The highest BCUT2D eigenvalue weighted by Crippen LogP contribution is 2.17. The first-order chi connectivity index (χ1) is 8.72. The summed E-state index contributed by atoms with van der Waals surface area (Å²) in [4.78, 5) is 18.1. The molecule has 1 heterocycles. The van der Waals surface area contributed by atoms with Crippen molar-refractivity contribution >= 4 is 27.5 Å². The molecule has 3 nitrogen and oxygen atoms in total. The number of carbonyl (C=O) groups is 1. The SMILES string of the molecule is CCN(C(=O)c1cncc(Br)c1)c1ccccc1. The number of halogens is 1. The minimum atomic E-state index is -0.0440. The summed E-state index contributed by atoms with van der Waals surface area (Å²) < 4.78 is 0.803. The van der Waals surface area contributed by atoms with E-state index in [9.17, 15) is 4.79 Å². The lowest BCUT2D eigenvalue weighted by Crippen LogP contribution is -2.30. The summed E-state index contributed by atoms with van der Waals surface area (Å²) in [5, 5.41) is 0. The first-order valence-electron chi connectivity index (χ1n) is 5.70. The van der Waals surface area contributed by atoms with Crippen molar-refractivity contribution in [2.75, 3.05) is 11.4 Å². The van der Waals surface area contributed by atoms with Crippen LogP contribution in [0.1, 0.15) is 17.3 Å². The molecule has 0 fully saturated rings. The average molecular weight is 305 g/mol. The van der Waals surface area contributed by atoms with Gasteiger partial charge in [-0.3, -0.25) is 9.78 Å². The minimum absolute atomic E-state index is 0.0440. The Kier molecular flexibility index (Phi) is 4.10. The van der Waals surface area contributed by atoms with Crippen LogP contribution in [0.15, 0.2) is 53.3 Å². The fourth-order valence-electron chi connectivity index (χ4n) is 1.74. The molecule has 0 aliphatic heterocycles. The van der Waals surface area contributed by atoms with E-state index in [1.165, 1.54) is 0 Å². The number of pyridine rings is 1. The highest BCUT2D eigenvalue weighted by molar-refractivity contribution is 9.10. The van der Waals surface area contributed by atoms with Crippen molar-refractivity contribution in [3.8, 4) is 0 Å². The molecular formula is C14H13BrN2O. The lowest BCUT2D eigenvalue weighted by atomic mass is 10.2. The van der Waals surface area contributed by atoms with E-state index in [-0.39, 0.29) is 5.91 Å². The summed E-state index contributed by atoms with van der Waals surface area (Å²) in [6.45, 7) is 2.58. The second-order valence-electron chi connectivity index (χ2n) is 3.78. The maximum atomic E-state index is 12.4. The van der Waals surface area contributed by atoms with Crippen molar-refractivity contribution in [3.05, 3.63) is 58.8 Å². The maximum absolute atomic E-state index is 12.4. The summed E-state index contributed by atoms with van der Waals surface area (Å²) >= 11 is 3.32. The number of hydrogen-bond acceptors (Lipinski definition) is 2. The molecule has 18 heavy (non-hydrogen) atoms. The van der Waals surface area contributed by atoms with Gasteiger partial charge in [0, 0.05) is 29.1 Å². The first kappa shape index (κ1) is 12.8. The Balaban J connectivity index is 2.32. The van der Waals surface area contributed by atoms with Crippen LogP contribution < -0.4 is 4.90 Å². The minimum Gasteiger partial charge on any atom is -0.309 e. The number of aromatic nitrogens is 1. The molecule has 1 aromatic heterocycles. The highest BCUT2D eigenvalue weighted by atomic mass is 79.9. The van der Waals surface area contributed by atoms with E-state index < -0.39 is 0 Å². The topological polar surface area (TPSA) is 33.2 Å². The quantitative estimate of drug-likeness (QED) is 0.869. The average Bonchev–Trinajstić information content (AvgIpc) is 2.41. The van der Waals surface area contributed by atoms with Gasteiger partial charge >= 0.3 is 0 Å². The van der Waals surface area contributed by atoms with Crippen LogP contribution in [0, 0.1) is 0 Å². The number of rotatable bonds is 3. The van der Waals surface area contributed by atoms with Gasteiger partial charge in [-0.1, -0.05) is 18.2 Å². The van der Waals surface area contributed by atoms with E-state index in [0.717, 1.165) is 10.2 Å². The molecule has 1 amide bonds. The number of para-hydroxylation sites is 1. The fourth-order valence-corrected chi connectivity index (χ4v) is 2.10. The molecule has 0 aliphatic rings. The smallest absolute Gasteiger partial charge is 0.259 e. The van der Waals surface area contributed by atoms with Crippen molar-refractivity contribution in [2.24, 2.45) is 0 Å². The van der Waals surface area contributed by atoms with Crippen molar-refractivity contribution < 1.29 is 4.79 Å². The molecule has 0 N–H and O–H groups in total. The molecule has 0 saturated heterocycles. The Morgan fingerprint density at radius 1 is 1.28 bits per heavy atom. The zero-order chi connectivity index (χ0) is 13.0. The Labute approximate surface area is 115 Å². The Bertz CT molecular complexity index is 543. The van der Waals surface area contributed by atoms with Crippen LogP contribution in [0.5, 0.6) is 0 Å². The predicted octanol–water partition coefficient (Wildman–Crippen LogP) is 3.51. The Hall–Kier alpha value is -1.68. The van der Waals surface area contributed by atoms with Crippen LogP contribution >= 0.6 is 15.9 Å². The third kappa shape index (κ3) is 2.76. The van der Waals surface area contributed by atoms with Crippen LogP contribution in [-0.4, -0.2) is 17.4 Å². The summed E-state index contributed by atoms with van der Waals surface area (Å²) in [6, 6.07) is 11.4. The molecule has 0 radical (unpaired) electrons. The van der Waals surface area contributed by atoms with Crippen LogP contribution in [0.25, 0.3) is 0 Å². The predicted molar refractivity (Wildman–Crippen MR) is 75.7 cm³/mol. The van der Waals surface area contributed by atoms with E-state index in [1.807, 2.05) is 37.3 Å². The highest BCUT2D eigenvalue weighted by Gasteiger charge is 2.16. The van der Waals surface area contributed by atoms with Crippen molar-refractivity contribution in [1.82, 2.24) is 4.98 Å². The van der Waals surface area contributed by atoms with E-state index in [1.54, 1.807) is 23.4 Å². The number of benzene rings is 1. The summed E-state index contributed by atoms with van der Waals surface area (Å²) in [7, 11) is 0. The van der Waals surface area contributed by atoms with Crippen molar-refractivity contribution in [3.63, 3.8) is 0 Å². The Morgan fingerprint density at radius 2 is 2.00 bits per heavy atom. The maximum Gasteiger partial charge on any atom is 0.259 e. The van der Waals surface area contributed by atoms with E-state index in [2.05, 4.69) is 20.9 Å². The van der Waals surface area contributed by atoms with Crippen LogP contribution in [0.3, 0.4) is 0 Å². The van der Waals surface area contributed by atoms with Gasteiger partial charge in [-0.15, -0.1) is 0 Å². The van der Waals surface area contributed by atoms with Crippen LogP contribution in [-0.2, 0) is 0 Å². The molecular weight excluding hydrogens is 292 g/mol. The van der Waals surface area contributed by atoms with E-state index >= 15 is 0 Å². The molecule has 2 rings (SSSR count). The van der Waals surface area contributed by atoms with Gasteiger partial charge in [-0.2, -0.15) is 0 Å². The Morgan fingerprint density at radius 3 is 2.61 bits per heavy atom. The van der Waals surface area contributed by atoms with Gasteiger partial charge < -0.3 is 4.90 Å². The van der Waals surface area contributed by atoms with Crippen LogP contribution in [0.4, 0.5) is 5.69 Å². The molecule has 0 spiro atoms. The van der Waals surface area contributed by atoms with Gasteiger partial charge in [-0.05, 0) is 41.1 Å². The molecule has 0 aliphatic carbocycles. The van der Waals surface area contributed by atoms with E-state index in [4.69, 9.17) is 0 Å². The second-order valence-corrected chi connectivity index (χ2v) is 4.69. The van der Waals surface area contributed by atoms with Crippen LogP contribution in [0.2, 0.25) is 0 Å². The molecule has 0 bridgehead atoms. The third-order valence-electron chi connectivity index (χ3n) is 2.58. The molecule has 4 heteroatoms. The molecule has 0 saturated carbocycles. The zero-order valence-electron chi connectivity index (χ0n) is 10.0. The van der Waals surface area contributed by atoms with Gasteiger partial charge in [0.25, 0.3) is 5.91 Å². The molecule has 92 valence electrons. The molecule has 0 unspecified atom stereocenters.